The zero-order chi connectivity index (χ0) is 17.8. The van der Waals surface area contributed by atoms with Crippen LogP contribution in [0, 0.1) is 0 Å². The van der Waals surface area contributed by atoms with Gasteiger partial charge in [0.2, 0.25) is 11.8 Å². The van der Waals surface area contributed by atoms with E-state index in [1.807, 2.05) is 17.0 Å². The maximum atomic E-state index is 13.0. The smallest absolute Gasteiger partial charge is 0.239 e. The van der Waals surface area contributed by atoms with Gasteiger partial charge >= 0.3 is 0 Å². The summed E-state index contributed by atoms with van der Waals surface area (Å²) in [4.78, 5) is 28.7. The highest BCUT2D eigenvalue weighted by Gasteiger charge is 2.29. The summed E-state index contributed by atoms with van der Waals surface area (Å²) in [7, 11) is 0. The number of rotatable bonds is 3. The number of hydrogen-bond donors (Lipinski definition) is 1. The molecule has 136 valence electrons. The van der Waals surface area contributed by atoms with Crippen LogP contribution >= 0.6 is 0 Å². The predicted octanol–water partition coefficient (Wildman–Crippen LogP) is 2.79. The first-order valence-corrected chi connectivity index (χ1v) is 9.47. The van der Waals surface area contributed by atoms with Crippen molar-refractivity contribution < 1.29 is 9.59 Å². The fraction of sp³-hybridized carbons (Fsp3) is 0.600. The second-order valence-corrected chi connectivity index (χ2v) is 7.26. The molecule has 1 saturated heterocycles. The molecule has 25 heavy (non-hydrogen) atoms. The van der Waals surface area contributed by atoms with Crippen molar-refractivity contribution in [1.82, 2.24) is 9.80 Å². The van der Waals surface area contributed by atoms with Gasteiger partial charge in [-0.2, -0.15) is 0 Å². The molecule has 1 N–H and O–H groups in total. The van der Waals surface area contributed by atoms with Crippen molar-refractivity contribution in [3.8, 4) is 0 Å². The molecule has 0 radical (unpaired) electrons. The molecule has 1 unspecified atom stereocenters. The van der Waals surface area contributed by atoms with Gasteiger partial charge in [0.05, 0.1) is 6.04 Å². The van der Waals surface area contributed by atoms with Crippen LogP contribution in [0.1, 0.15) is 50.7 Å². The lowest BCUT2D eigenvalue weighted by atomic mass is 9.97. The van der Waals surface area contributed by atoms with Crippen molar-refractivity contribution in [1.29, 1.82) is 0 Å². The normalized spacial score (nSPS) is 19.7. The Hall–Kier alpha value is -1.88. The highest BCUT2D eigenvalue weighted by molar-refractivity contribution is 5.90. The zero-order valence-electron chi connectivity index (χ0n) is 15.4. The third-order valence-corrected chi connectivity index (χ3v) is 5.43. The van der Waals surface area contributed by atoms with Crippen molar-refractivity contribution in [2.45, 2.75) is 58.5 Å². The number of hydrogen-bond acceptors (Lipinski definition) is 3. The van der Waals surface area contributed by atoms with Crippen LogP contribution in [0.4, 0.5) is 5.69 Å². The van der Waals surface area contributed by atoms with Crippen LogP contribution in [-0.4, -0.2) is 47.3 Å². The van der Waals surface area contributed by atoms with Crippen LogP contribution in [0.5, 0.6) is 0 Å². The van der Waals surface area contributed by atoms with Gasteiger partial charge in [-0.1, -0.05) is 25.0 Å². The van der Waals surface area contributed by atoms with Gasteiger partial charge in [-0.15, -0.1) is 0 Å². The Kier molecular flexibility index (Phi) is 5.74. The second-order valence-electron chi connectivity index (χ2n) is 7.26. The lowest BCUT2D eigenvalue weighted by Gasteiger charge is -2.35. The first kappa shape index (κ1) is 17.9. The molecule has 1 aromatic rings. The molecule has 2 aliphatic rings. The molecular formula is C20H29N3O2. The van der Waals surface area contributed by atoms with Gasteiger partial charge in [0.15, 0.2) is 0 Å². The van der Waals surface area contributed by atoms with Crippen LogP contribution in [0.2, 0.25) is 0 Å². The number of likely N-dealkylation sites (tertiary alicyclic amines) is 1. The van der Waals surface area contributed by atoms with Crippen LogP contribution in [0.15, 0.2) is 18.2 Å². The topological polar surface area (TPSA) is 52.7 Å². The molecule has 1 aromatic carbocycles. The average Bonchev–Trinajstić information content (AvgIpc) is 2.89. The van der Waals surface area contributed by atoms with E-state index in [0.29, 0.717) is 6.54 Å². The molecule has 1 fully saturated rings. The summed E-state index contributed by atoms with van der Waals surface area (Å²) in [5, 5.41) is 2.91. The zero-order valence-corrected chi connectivity index (χ0v) is 15.4. The Labute approximate surface area is 150 Å². The van der Waals surface area contributed by atoms with E-state index < -0.39 is 0 Å². The van der Waals surface area contributed by atoms with E-state index in [1.165, 1.54) is 38.2 Å². The molecule has 3 rings (SSSR count). The molecule has 2 heterocycles. The number of nitrogens with zero attached hydrogens (tertiary/aromatic N) is 2. The highest BCUT2D eigenvalue weighted by atomic mass is 16.2. The van der Waals surface area contributed by atoms with Crippen LogP contribution in [0.25, 0.3) is 0 Å². The van der Waals surface area contributed by atoms with E-state index in [9.17, 15) is 9.59 Å². The minimum Gasteiger partial charge on any atom is -0.337 e. The molecule has 2 aliphatic heterocycles. The molecule has 5 nitrogen and oxygen atoms in total. The molecule has 0 bridgehead atoms. The van der Waals surface area contributed by atoms with E-state index in [2.05, 4.69) is 23.2 Å². The van der Waals surface area contributed by atoms with E-state index in [4.69, 9.17) is 0 Å². The van der Waals surface area contributed by atoms with Crippen LogP contribution < -0.4 is 5.32 Å². The van der Waals surface area contributed by atoms with Gasteiger partial charge in [-0.05, 0) is 56.5 Å². The Morgan fingerprint density at radius 3 is 2.48 bits per heavy atom. The lowest BCUT2D eigenvalue weighted by Crippen LogP contribution is -2.48. The molecule has 0 saturated carbocycles. The Morgan fingerprint density at radius 1 is 1.08 bits per heavy atom. The van der Waals surface area contributed by atoms with E-state index in [-0.39, 0.29) is 17.9 Å². The monoisotopic (exact) mass is 343 g/mol. The number of fused-ring (bicyclic) bond motifs is 1. The van der Waals surface area contributed by atoms with Crippen molar-refractivity contribution in [2.75, 3.05) is 25.0 Å². The highest BCUT2D eigenvalue weighted by Crippen LogP contribution is 2.27. The van der Waals surface area contributed by atoms with E-state index >= 15 is 0 Å². The molecule has 0 aromatic heterocycles. The number of amides is 2. The Bertz CT molecular complexity index is 636. The molecule has 2 amide bonds. The Morgan fingerprint density at radius 2 is 1.80 bits per heavy atom. The first-order valence-electron chi connectivity index (χ1n) is 9.47. The number of anilines is 1. The second kappa shape index (κ2) is 8.00. The molecule has 5 heteroatoms. The largest absolute Gasteiger partial charge is 0.337 e. The standard InChI is InChI=1S/C20H29N3O2/c1-15(22-11-5-3-4-6-12-22)20(25)23-13-10-18-17(14-23)8-7-9-19(18)21-16(2)24/h7-9,15H,3-6,10-14H2,1-2H3,(H,21,24). The van der Waals surface area contributed by atoms with Gasteiger partial charge in [0.1, 0.15) is 0 Å². The summed E-state index contributed by atoms with van der Waals surface area (Å²) in [6.45, 7) is 7.01. The first-order chi connectivity index (χ1) is 12.1. The summed E-state index contributed by atoms with van der Waals surface area (Å²) in [5.74, 6) is 0.180. The van der Waals surface area contributed by atoms with Crippen molar-refractivity contribution in [3.63, 3.8) is 0 Å². The van der Waals surface area contributed by atoms with Crippen molar-refractivity contribution in [3.05, 3.63) is 29.3 Å². The van der Waals surface area contributed by atoms with Gasteiger partial charge in [-0.25, -0.2) is 0 Å². The summed E-state index contributed by atoms with van der Waals surface area (Å²) < 4.78 is 0. The summed E-state index contributed by atoms with van der Waals surface area (Å²) in [6, 6.07) is 5.92. The number of carbonyl (C=O) groups excluding carboxylic acids is 2. The van der Waals surface area contributed by atoms with E-state index in [0.717, 1.165) is 37.3 Å². The Balaban J connectivity index is 1.69. The maximum Gasteiger partial charge on any atom is 0.239 e. The fourth-order valence-corrected chi connectivity index (χ4v) is 4.01. The lowest BCUT2D eigenvalue weighted by molar-refractivity contribution is -0.137. The third kappa shape index (κ3) is 4.21. The van der Waals surface area contributed by atoms with Crippen LogP contribution in [0.3, 0.4) is 0 Å². The van der Waals surface area contributed by atoms with Gasteiger partial charge in [0, 0.05) is 25.7 Å². The van der Waals surface area contributed by atoms with Gasteiger partial charge in [-0.3, -0.25) is 14.5 Å². The number of carbonyl (C=O) groups is 2. The molecule has 0 spiro atoms. The number of benzene rings is 1. The van der Waals surface area contributed by atoms with Crippen LogP contribution in [-0.2, 0) is 22.6 Å². The van der Waals surface area contributed by atoms with Gasteiger partial charge < -0.3 is 10.2 Å². The predicted molar refractivity (Wildman–Crippen MR) is 99.4 cm³/mol. The van der Waals surface area contributed by atoms with Crippen molar-refractivity contribution >= 4 is 17.5 Å². The van der Waals surface area contributed by atoms with E-state index in [1.54, 1.807) is 0 Å². The molecular weight excluding hydrogens is 314 g/mol. The summed E-state index contributed by atoms with van der Waals surface area (Å²) >= 11 is 0. The molecule has 1 atom stereocenters. The fourth-order valence-electron chi connectivity index (χ4n) is 4.01. The third-order valence-electron chi connectivity index (χ3n) is 5.43. The SMILES string of the molecule is CC(=O)Nc1cccc2c1CCN(C(=O)C(C)N1CCCCCC1)C2. The maximum absolute atomic E-state index is 13.0. The minimum atomic E-state index is -0.0540. The quantitative estimate of drug-likeness (QED) is 0.918. The number of nitrogens with one attached hydrogen (secondary N) is 1. The summed E-state index contributed by atoms with van der Waals surface area (Å²) in [5.41, 5.74) is 3.20. The van der Waals surface area contributed by atoms with Crippen molar-refractivity contribution in [2.24, 2.45) is 0 Å². The van der Waals surface area contributed by atoms with Gasteiger partial charge in [0.25, 0.3) is 0 Å². The minimum absolute atomic E-state index is 0.0434. The molecule has 0 aliphatic carbocycles. The summed E-state index contributed by atoms with van der Waals surface area (Å²) in [6.07, 6.45) is 5.74. The average molecular weight is 343 g/mol.